The Balaban J connectivity index is 2.54. The molecule has 1 aromatic rings. The Morgan fingerprint density at radius 1 is 1.30 bits per heavy atom. The number of benzene rings is 1. The summed E-state index contributed by atoms with van der Waals surface area (Å²) in [4.78, 5) is 0. The van der Waals surface area contributed by atoms with E-state index in [0.29, 0.717) is 0 Å². The maximum atomic E-state index is 3.31. The second kappa shape index (κ2) is 1.98. The molecule has 1 aromatic carbocycles. The van der Waals surface area contributed by atoms with E-state index >= 15 is 0 Å². The smallest absolute Gasteiger partial charge is 0.00543 e. The van der Waals surface area contributed by atoms with Crippen LogP contribution in [-0.2, 0) is 6.42 Å². The molecule has 1 aliphatic rings. The number of rotatable bonds is 0. The Morgan fingerprint density at radius 2 is 2.10 bits per heavy atom. The van der Waals surface area contributed by atoms with Gasteiger partial charge in [-0.1, -0.05) is 29.8 Å². The highest BCUT2D eigenvalue weighted by atomic mass is 14.1. The molecule has 0 saturated heterocycles. The van der Waals surface area contributed by atoms with E-state index in [0.717, 1.165) is 6.42 Å². The van der Waals surface area contributed by atoms with Gasteiger partial charge in [0.2, 0.25) is 0 Å². The molecule has 49 valence electrons. The van der Waals surface area contributed by atoms with Crippen LogP contribution >= 0.6 is 0 Å². The normalized spacial score (nSPS) is 14.7. The zero-order valence-corrected chi connectivity index (χ0v) is 6.02. The zero-order valence-electron chi connectivity index (χ0n) is 6.02. The first-order valence-electron chi connectivity index (χ1n) is 3.53. The van der Waals surface area contributed by atoms with Gasteiger partial charge in [0.1, 0.15) is 0 Å². The van der Waals surface area contributed by atoms with Crippen molar-refractivity contribution >= 4 is 0 Å². The predicted molar refractivity (Wildman–Crippen MR) is 41.7 cm³/mol. The Morgan fingerprint density at radius 3 is 2.90 bits per heavy atom. The van der Waals surface area contributed by atoms with Crippen molar-refractivity contribution in [2.24, 2.45) is 0 Å². The fourth-order valence-electron chi connectivity index (χ4n) is 1.36. The summed E-state index contributed by atoms with van der Waals surface area (Å²) in [5.41, 5.74) is 4.04. The Labute approximate surface area is 61.2 Å². The lowest BCUT2D eigenvalue weighted by Gasteiger charge is -1.93. The van der Waals surface area contributed by atoms with Crippen molar-refractivity contribution in [2.45, 2.75) is 13.3 Å². The Bertz CT molecular complexity index is 282. The van der Waals surface area contributed by atoms with E-state index in [1.165, 1.54) is 16.7 Å². The van der Waals surface area contributed by atoms with Gasteiger partial charge in [0.15, 0.2) is 0 Å². The average Bonchev–Trinajstić information content (AvgIpc) is 2.27. The molecule has 2 rings (SSSR count). The maximum absolute atomic E-state index is 3.31. The third-order valence-corrected chi connectivity index (χ3v) is 1.82. The van der Waals surface area contributed by atoms with E-state index in [2.05, 4.69) is 37.3 Å². The minimum Gasteiger partial charge on any atom is -0.0619 e. The van der Waals surface area contributed by atoms with Gasteiger partial charge in [-0.15, -0.1) is 0 Å². The summed E-state index contributed by atoms with van der Waals surface area (Å²) in [5.74, 6) is 0. The summed E-state index contributed by atoms with van der Waals surface area (Å²) in [6, 6.07) is 8.42. The van der Waals surface area contributed by atoms with Crippen molar-refractivity contribution in [3.63, 3.8) is 0 Å². The van der Waals surface area contributed by atoms with Crippen molar-refractivity contribution in [2.75, 3.05) is 0 Å². The molecule has 0 aliphatic heterocycles. The second-order valence-electron chi connectivity index (χ2n) is 2.74. The quantitative estimate of drug-likeness (QED) is 0.504. The van der Waals surface area contributed by atoms with Gasteiger partial charge < -0.3 is 0 Å². The van der Waals surface area contributed by atoms with Crippen molar-refractivity contribution in [3.05, 3.63) is 47.0 Å². The monoisotopic (exact) mass is 129 g/mol. The van der Waals surface area contributed by atoms with Gasteiger partial charge in [-0.2, -0.15) is 0 Å². The fourth-order valence-corrected chi connectivity index (χ4v) is 1.36. The molecule has 10 heavy (non-hydrogen) atoms. The van der Waals surface area contributed by atoms with E-state index in [-0.39, 0.29) is 0 Å². The standard InChI is InChI=1S/C10H9/c1-8-6-9-4-2-3-5-10(9)7-8/h2-5H,6H2,1H3. The van der Waals surface area contributed by atoms with Crippen LogP contribution in [0.25, 0.3) is 0 Å². The fraction of sp³-hybridized carbons (Fsp3) is 0.200. The van der Waals surface area contributed by atoms with Gasteiger partial charge in [0.25, 0.3) is 0 Å². The molecule has 0 heterocycles. The predicted octanol–water partition coefficient (Wildman–Crippen LogP) is 2.34. The van der Waals surface area contributed by atoms with Crippen LogP contribution in [0.15, 0.2) is 29.8 Å². The molecule has 0 fully saturated rings. The molecule has 0 amide bonds. The van der Waals surface area contributed by atoms with Crippen LogP contribution in [0.5, 0.6) is 0 Å². The largest absolute Gasteiger partial charge is 0.0619 e. The highest BCUT2D eigenvalue weighted by Crippen LogP contribution is 2.21. The topological polar surface area (TPSA) is 0 Å². The number of hydrogen-bond acceptors (Lipinski definition) is 0. The molecule has 1 radical (unpaired) electrons. The van der Waals surface area contributed by atoms with Crippen LogP contribution in [0.3, 0.4) is 0 Å². The summed E-state index contributed by atoms with van der Waals surface area (Å²) < 4.78 is 0. The molecule has 0 atom stereocenters. The van der Waals surface area contributed by atoms with Crippen molar-refractivity contribution < 1.29 is 0 Å². The molecular formula is C10H9. The van der Waals surface area contributed by atoms with Crippen molar-refractivity contribution in [1.82, 2.24) is 0 Å². The molecule has 0 N–H and O–H groups in total. The van der Waals surface area contributed by atoms with Crippen LogP contribution < -0.4 is 0 Å². The van der Waals surface area contributed by atoms with E-state index in [4.69, 9.17) is 0 Å². The van der Waals surface area contributed by atoms with Crippen LogP contribution in [0, 0.1) is 6.08 Å². The van der Waals surface area contributed by atoms with Crippen LogP contribution in [0.4, 0.5) is 0 Å². The summed E-state index contributed by atoms with van der Waals surface area (Å²) in [7, 11) is 0. The average molecular weight is 129 g/mol. The number of fused-ring (bicyclic) bond motifs is 1. The van der Waals surface area contributed by atoms with E-state index in [9.17, 15) is 0 Å². The lowest BCUT2D eigenvalue weighted by atomic mass is 10.1. The third-order valence-electron chi connectivity index (χ3n) is 1.82. The molecule has 1 aliphatic carbocycles. The highest BCUT2D eigenvalue weighted by Gasteiger charge is 2.07. The minimum absolute atomic E-state index is 1.09. The lowest BCUT2D eigenvalue weighted by molar-refractivity contribution is 1.19. The minimum atomic E-state index is 1.09. The molecule has 0 spiro atoms. The van der Waals surface area contributed by atoms with Gasteiger partial charge >= 0.3 is 0 Å². The lowest BCUT2D eigenvalue weighted by Crippen LogP contribution is -1.79. The van der Waals surface area contributed by atoms with Crippen molar-refractivity contribution in [1.29, 1.82) is 0 Å². The van der Waals surface area contributed by atoms with Gasteiger partial charge in [0.05, 0.1) is 0 Å². The molecule has 0 heteroatoms. The van der Waals surface area contributed by atoms with E-state index in [1.54, 1.807) is 0 Å². The summed E-state index contributed by atoms with van der Waals surface area (Å²) in [6.45, 7) is 2.12. The summed E-state index contributed by atoms with van der Waals surface area (Å²) in [5, 5.41) is 0. The zero-order chi connectivity index (χ0) is 6.97. The SMILES string of the molecule is CC1=[C]c2ccccc2C1. The molecule has 0 unspecified atom stereocenters. The number of hydrogen-bond donors (Lipinski definition) is 0. The van der Waals surface area contributed by atoms with E-state index < -0.39 is 0 Å². The Hall–Kier alpha value is -1.04. The van der Waals surface area contributed by atoms with Crippen LogP contribution in [0.1, 0.15) is 18.1 Å². The third kappa shape index (κ3) is 0.766. The van der Waals surface area contributed by atoms with Crippen LogP contribution in [0.2, 0.25) is 0 Å². The maximum Gasteiger partial charge on any atom is -0.00543 e. The van der Waals surface area contributed by atoms with E-state index in [1.807, 2.05) is 0 Å². The molecule has 0 nitrogen and oxygen atoms in total. The molecule has 0 aromatic heterocycles. The van der Waals surface area contributed by atoms with Gasteiger partial charge in [-0.05, 0) is 30.5 Å². The molecular weight excluding hydrogens is 120 g/mol. The number of allylic oxidation sites excluding steroid dienone is 1. The van der Waals surface area contributed by atoms with Gasteiger partial charge in [-0.25, -0.2) is 0 Å². The van der Waals surface area contributed by atoms with Crippen molar-refractivity contribution in [3.8, 4) is 0 Å². The summed E-state index contributed by atoms with van der Waals surface area (Å²) >= 11 is 0. The first kappa shape index (κ1) is 5.72. The van der Waals surface area contributed by atoms with Gasteiger partial charge in [0, 0.05) is 0 Å². The Kier molecular flexibility index (Phi) is 1.13. The highest BCUT2D eigenvalue weighted by molar-refractivity contribution is 5.41. The summed E-state index contributed by atoms with van der Waals surface area (Å²) in [6.07, 6.45) is 4.41. The molecule has 0 bridgehead atoms. The first-order chi connectivity index (χ1) is 4.86. The van der Waals surface area contributed by atoms with Crippen LogP contribution in [-0.4, -0.2) is 0 Å². The first-order valence-corrected chi connectivity index (χ1v) is 3.53. The second-order valence-corrected chi connectivity index (χ2v) is 2.74. The molecule has 0 saturated carbocycles. The van der Waals surface area contributed by atoms with Gasteiger partial charge in [-0.3, -0.25) is 0 Å².